The quantitative estimate of drug-likeness (QED) is 0.598. The molecule has 0 N–H and O–H groups in total. The third-order valence-electron chi connectivity index (χ3n) is 1.44. The maximum Gasteiger partial charge on any atom is 0.293 e. The molecule has 0 heterocycles. The van der Waals surface area contributed by atoms with E-state index in [1.165, 1.54) is 0 Å². The van der Waals surface area contributed by atoms with Crippen LogP contribution in [0.4, 0.5) is 0 Å². The van der Waals surface area contributed by atoms with Gasteiger partial charge in [0.1, 0.15) is 6.61 Å². The fraction of sp³-hybridized carbons (Fsp3) is 0.100. The Morgan fingerprint density at radius 1 is 1.31 bits per heavy atom. The van der Waals surface area contributed by atoms with Gasteiger partial charge in [-0.1, -0.05) is 34.1 Å². The first-order valence-corrected chi connectivity index (χ1v) is 4.59. The summed E-state index contributed by atoms with van der Waals surface area (Å²) in [4.78, 5) is 9.80. The molecule has 3 heteroatoms. The first-order chi connectivity index (χ1) is 6.33. The molecule has 0 aliphatic rings. The molecule has 0 unspecified atom stereocenters. The lowest BCUT2D eigenvalue weighted by Crippen LogP contribution is -1.85. The maximum absolute atomic E-state index is 9.80. The van der Waals surface area contributed by atoms with E-state index in [2.05, 4.69) is 20.7 Å². The summed E-state index contributed by atoms with van der Waals surface area (Å²) in [5, 5.41) is 0. The highest BCUT2D eigenvalue weighted by atomic mass is 79.9. The molecule has 0 aliphatic heterocycles. The molecular weight excluding hydrogens is 232 g/mol. The Kier molecular flexibility index (Phi) is 4.26. The molecule has 0 bridgehead atoms. The van der Waals surface area contributed by atoms with Crippen molar-refractivity contribution in [2.24, 2.45) is 0 Å². The Morgan fingerprint density at radius 2 is 2.00 bits per heavy atom. The zero-order chi connectivity index (χ0) is 9.52. The van der Waals surface area contributed by atoms with Crippen molar-refractivity contribution in [2.75, 3.05) is 6.61 Å². The van der Waals surface area contributed by atoms with Crippen LogP contribution in [0.15, 0.2) is 34.8 Å². The molecule has 68 valence electrons. The van der Waals surface area contributed by atoms with E-state index in [0.717, 1.165) is 10.0 Å². The summed E-state index contributed by atoms with van der Waals surface area (Å²) in [6, 6.07) is 7.86. The molecule has 1 aromatic carbocycles. The van der Waals surface area contributed by atoms with Gasteiger partial charge < -0.3 is 4.74 Å². The second-order valence-corrected chi connectivity index (χ2v) is 3.30. The van der Waals surface area contributed by atoms with Crippen LogP contribution in [0.25, 0.3) is 6.08 Å². The van der Waals surface area contributed by atoms with Crippen LogP contribution in [0, 0.1) is 0 Å². The maximum atomic E-state index is 9.80. The van der Waals surface area contributed by atoms with Crippen molar-refractivity contribution in [2.45, 2.75) is 0 Å². The van der Waals surface area contributed by atoms with Gasteiger partial charge in [-0.2, -0.15) is 0 Å². The molecule has 1 rings (SSSR count). The minimum absolute atomic E-state index is 0.319. The number of benzene rings is 1. The smallest absolute Gasteiger partial charge is 0.293 e. The van der Waals surface area contributed by atoms with Crippen LogP contribution >= 0.6 is 15.9 Å². The number of rotatable bonds is 4. The first-order valence-electron chi connectivity index (χ1n) is 3.80. The lowest BCUT2D eigenvalue weighted by atomic mass is 10.2. The Hall–Kier alpha value is -1.09. The van der Waals surface area contributed by atoms with E-state index in [4.69, 9.17) is 0 Å². The predicted molar refractivity (Wildman–Crippen MR) is 55.2 cm³/mol. The molecule has 1 aromatic rings. The van der Waals surface area contributed by atoms with Crippen LogP contribution in [0.5, 0.6) is 0 Å². The zero-order valence-electron chi connectivity index (χ0n) is 6.94. The fourth-order valence-electron chi connectivity index (χ4n) is 0.853. The van der Waals surface area contributed by atoms with Gasteiger partial charge in [-0.15, -0.1) is 0 Å². The van der Waals surface area contributed by atoms with Gasteiger partial charge >= 0.3 is 0 Å². The van der Waals surface area contributed by atoms with Gasteiger partial charge in [0.05, 0.1) is 0 Å². The number of carbonyl (C=O) groups is 1. The second-order valence-electron chi connectivity index (χ2n) is 2.38. The molecule has 2 nitrogen and oxygen atoms in total. The van der Waals surface area contributed by atoms with Crippen molar-refractivity contribution in [3.8, 4) is 0 Å². The topological polar surface area (TPSA) is 26.3 Å². The van der Waals surface area contributed by atoms with E-state index < -0.39 is 0 Å². The van der Waals surface area contributed by atoms with E-state index in [1.54, 1.807) is 6.08 Å². The molecule has 0 saturated heterocycles. The summed E-state index contributed by atoms with van der Waals surface area (Å²) < 4.78 is 5.55. The minimum atomic E-state index is 0.319. The van der Waals surface area contributed by atoms with Crippen molar-refractivity contribution >= 4 is 28.5 Å². The molecule has 0 spiro atoms. The molecule has 0 atom stereocenters. The second kappa shape index (κ2) is 5.54. The van der Waals surface area contributed by atoms with Gasteiger partial charge in [0.2, 0.25) is 0 Å². The van der Waals surface area contributed by atoms with Crippen molar-refractivity contribution < 1.29 is 9.53 Å². The Balaban J connectivity index is 2.49. The molecule has 0 saturated carbocycles. The Labute approximate surface area is 85.3 Å². The third kappa shape index (κ3) is 3.90. The van der Waals surface area contributed by atoms with E-state index in [-0.39, 0.29) is 0 Å². The third-order valence-corrected chi connectivity index (χ3v) is 1.97. The zero-order valence-corrected chi connectivity index (χ0v) is 8.53. The van der Waals surface area contributed by atoms with Crippen molar-refractivity contribution in [1.29, 1.82) is 0 Å². The number of halogens is 1. The van der Waals surface area contributed by atoms with Gasteiger partial charge in [0, 0.05) is 4.47 Å². The molecular formula is C10H9BrO2. The predicted octanol–water partition coefficient (Wildman–Crippen LogP) is 2.64. The SMILES string of the molecule is O=COCC=Cc1ccc(Br)cc1. The van der Waals surface area contributed by atoms with Crippen molar-refractivity contribution in [3.63, 3.8) is 0 Å². The first kappa shape index (κ1) is 9.99. The monoisotopic (exact) mass is 240 g/mol. The lowest BCUT2D eigenvalue weighted by molar-refractivity contribution is -0.127. The van der Waals surface area contributed by atoms with Gasteiger partial charge in [-0.3, -0.25) is 4.79 Å². The number of carbonyl (C=O) groups excluding carboxylic acids is 1. The highest BCUT2D eigenvalue weighted by molar-refractivity contribution is 9.10. The lowest BCUT2D eigenvalue weighted by Gasteiger charge is -1.93. The number of ether oxygens (including phenoxy) is 1. The summed E-state index contributed by atoms with van der Waals surface area (Å²) in [6.45, 7) is 0.755. The molecule has 0 aliphatic carbocycles. The van der Waals surface area contributed by atoms with Crippen LogP contribution in [0.3, 0.4) is 0 Å². The highest BCUT2D eigenvalue weighted by Gasteiger charge is 1.86. The largest absolute Gasteiger partial charge is 0.464 e. The molecule has 13 heavy (non-hydrogen) atoms. The van der Waals surface area contributed by atoms with Crippen LogP contribution < -0.4 is 0 Å². The molecule has 0 aromatic heterocycles. The van der Waals surface area contributed by atoms with Crippen LogP contribution in [-0.2, 0) is 9.53 Å². The van der Waals surface area contributed by atoms with Crippen molar-refractivity contribution in [1.82, 2.24) is 0 Å². The van der Waals surface area contributed by atoms with E-state index >= 15 is 0 Å². The van der Waals surface area contributed by atoms with E-state index in [0.29, 0.717) is 13.1 Å². The van der Waals surface area contributed by atoms with Crippen LogP contribution in [0.1, 0.15) is 5.56 Å². The Morgan fingerprint density at radius 3 is 2.62 bits per heavy atom. The average Bonchev–Trinajstić information content (AvgIpc) is 2.15. The molecule has 0 radical (unpaired) electrons. The highest BCUT2D eigenvalue weighted by Crippen LogP contribution is 2.11. The number of hydrogen-bond acceptors (Lipinski definition) is 2. The summed E-state index contributed by atoms with van der Waals surface area (Å²) in [5.74, 6) is 0. The minimum Gasteiger partial charge on any atom is -0.464 e. The summed E-state index contributed by atoms with van der Waals surface area (Å²) in [7, 11) is 0. The summed E-state index contributed by atoms with van der Waals surface area (Å²) in [6.07, 6.45) is 3.69. The van der Waals surface area contributed by atoms with Gasteiger partial charge in [0.25, 0.3) is 6.47 Å². The normalized spacial score (nSPS) is 10.2. The number of hydrogen-bond donors (Lipinski definition) is 0. The van der Waals surface area contributed by atoms with Gasteiger partial charge in [0.15, 0.2) is 0 Å². The average molecular weight is 241 g/mol. The standard InChI is InChI=1S/C10H9BrO2/c11-10-5-3-9(4-6-10)2-1-7-13-8-12/h1-6,8H,7H2. The van der Waals surface area contributed by atoms with Gasteiger partial charge in [-0.25, -0.2) is 0 Å². The molecule has 0 amide bonds. The van der Waals surface area contributed by atoms with E-state index in [9.17, 15) is 4.79 Å². The van der Waals surface area contributed by atoms with Crippen molar-refractivity contribution in [3.05, 3.63) is 40.4 Å². The summed E-state index contributed by atoms with van der Waals surface area (Å²) >= 11 is 3.34. The summed E-state index contributed by atoms with van der Waals surface area (Å²) in [5.41, 5.74) is 1.08. The van der Waals surface area contributed by atoms with Gasteiger partial charge in [-0.05, 0) is 23.8 Å². The Bertz CT molecular complexity index is 290. The van der Waals surface area contributed by atoms with E-state index in [1.807, 2.05) is 30.3 Å². The van der Waals surface area contributed by atoms with Crippen LogP contribution in [-0.4, -0.2) is 13.1 Å². The van der Waals surface area contributed by atoms with Crippen LogP contribution in [0.2, 0.25) is 0 Å². The fourth-order valence-corrected chi connectivity index (χ4v) is 1.12. The molecule has 0 fully saturated rings.